The molecule has 3 heteroatoms. The van der Waals surface area contributed by atoms with Gasteiger partial charge in [0.05, 0.1) is 0 Å². The van der Waals surface area contributed by atoms with Crippen molar-refractivity contribution in [3.63, 3.8) is 0 Å². The van der Waals surface area contributed by atoms with Crippen molar-refractivity contribution in [2.24, 2.45) is 5.73 Å². The van der Waals surface area contributed by atoms with Crippen molar-refractivity contribution in [3.8, 4) is 5.88 Å². The van der Waals surface area contributed by atoms with E-state index in [2.05, 4.69) is 11.1 Å². The van der Waals surface area contributed by atoms with Crippen LogP contribution in [-0.2, 0) is 6.54 Å². The van der Waals surface area contributed by atoms with Gasteiger partial charge in [-0.1, -0.05) is 18.2 Å². The molecule has 0 fully saturated rings. The molecule has 0 bridgehead atoms. The van der Waals surface area contributed by atoms with E-state index in [0.29, 0.717) is 12.4 Å². The van der Waals surface area contributed by atoms with E-state index in [9.17, 15) is 0 Å². The minimum atomic E-state index is -0.250. The van der Waals surface area contributed by atoms with Crippen molar-refractivity contribution >= 4 is 10.8 Å². The molecular weight excluding hydrogens is 212 g/mol. The molecule has 2 rings (SSSR count). The predicted octanol–water partition coefficient (Wildman–Crippen LogP) is 2.87. The summed E-state index contributed by atoms with van der Waals surface area (Å²) < 4.78 is 5.86. The van der Waals surface area contributed by atoms with E-state index in [1.54, 1.807) is 6.20 Å². The highest BCUT2D eigenvalue weighted by Crippen LogP contribution is 2.28. The van der Waals surface area contributed by atoms with Gasteiger partial charge in [-0.2, -0.15) is 0 Å². The van der Waals surface area contributed by atoms with Gasteiger partial charge in [-0.3, -0.25) is 0 Å². The third kappa shape index (κ3) is 2.56. The first-order valence-corrected chi connectivity index (χ1v) is 5.77. The molecule has 0 aliphatic heterocycles. The highest BCUT2D eigenvalue weighted by atomic mass is 16.5. The number of aromatic nitrogens is 1. The lowest BCUT2D eigenvalue weighted by Crippen LogP contribution is -2.23. The molecule has 1 heterocycles. The summed E-state index contributed by atoms with van der Waals surface area (Å²) in [4.78, 5) is 4.36. The number of fused-ring (bicyclic) bond motifs is 1. The van der Waals surface area contributed by atoms with Gasteiger partial charge in [0.2, 0.25) is 5.88 Å². The van der Waals surface area contributed by atoms with E-state index in [1.165, 1.54) is 0 Å². The third-order valence-electron chi connectivity index (χ3n) is 2.46. The van der Waals surface area contributed by atoms with Crippen molar-refractivity contribution in [2.75, 3.05) is 0 Å². The average Bonchev–Trinajstić information content (AvgIpc) is 2.28. The van der Waals surface area contributed by atoms with Crippen LogP contribution in [0.25, 0.3) is 10.8 Å². The summed E-state index contributed by atoms with van der Waals surface area (Å²) in [6, 6.07) is 8.06. The first kappa shape index (κ1) is 11.9. The Hall–Kier alpha value is -1.61. The van der Waals surface area contributed by atoms with Gasteiger partial charge in [0.25, 0.3) is 0 Å². The van der Waals surface area contributed by atoms with Crippen molar-refractivity contribution in [3.05, 3.63) is 36.0 Å². The Kier molecular flexibility index (Phi) is 3.03. The molecule has 0 amide bonds. The van der Waals surface area contributed by atoms with Crippen LogP contribution in [0, 0.1) is 0 Å². The summed E-state index contributed by atoms with van der Waals surface area (Å²) >= 11 is 0. The molecule has 0 unspecified atom stereocenters. The Morgan fingerprint density at radius 2 is 1.82 bits per heavy atom. The van der Waals surface area contributed by atoms with E-state index in [1.807, 2.05) is 39.0 Å². The van der Waals surface area contributed by atoms with Crippen LogP contribution >= 0.6 is 0 Å². The van der Waals surface area contributed by atoms with Gasteiger partial charge in [-0.15, -0.1) is 0 Å². The molecule has 0 spiro atoms. The normalized spacial score (nSPS) is 11.8. The first-order chi connectivity index (χ1) is 8.01. The molecule has 0 atom stereocenters. The largest absolute Gasteiger partial charge is 0.471 e. The zero-order valence-corrected chi connectivity index (χ0v) is 10.5. The lowest BCUT2D eigenvalue weighted by molar-refractivity contribution is 0.126. The summed E-state index contributed by atoms with van der Waals surface area (Å²) in [5.74, 6) is 0.672. The smallest absolute Gasteiger partial charge is 0.221 e. The van der Waals surface area contributed by atoms with Crippen molar-refractivity contribution in [1.82, 2.24) is 4.98 Å². The quantitative estimate of drug-likeness (QED) is 0.863. The van der Waals surface area contributed by atoms with Gasteiger partial charge in [-0.25, -0.2) is 4.98 Å². The molecule has 0 aliphatic carbocycles. The number of pyridine rings is 1. The number of nitrogens with two attached hydrogens (primary N) is 1. The lowest BCUT2D eigenvalue weighted by atomic mass is 10.1. The number of hydrogen-bond acceptors (Lipinski definition) is 3. The standard InChI is InChI=1S/C14H18N2O/c1-14(2,3)17-13-12-7-5-4-6-11(12)10(8-15)9-16-13/h4-7,9H,8,15H2,1-3H3. The predicted molar refractivity (Wildman–Crippen MR) is 70.0 cm³/mol. The molecule has 2 aromatic rings. The average molecular weight is 230 g/mol. The molecule has 1 aromatic carbocycles. The fraction of sp³-hybridized carbons (Fsp3) is 0.357. The van der Waals surface area contributed by atoms with E-state index in [4.69, 9.17) is 10.5 Å². The molecule has 0 saturated carbocycles. The van der Waals surface area contributed by atoms with Crippen LogP contribution in [-0.4, -0.2) is 10.6 Å². The van der Waals surface area contributed by atoms with Crippen LogP contribution in [0.5, 0.6) is 5.88 Å². The third-order valence-corrected chi connectivity index (χ3v) is 2.46. The summed E-state index contributed by atoms with van der Waals surface area (Å²) in [6.45, 7) is 6.53. The minimum absolute atomic E-state index is 0.250. The second-order valence-corrected chi connectivity index (χ2v) is 5.05. The van der Waals surface area contributed by atoms with Crippen LogP contribution in [0.2, 0.25) is 0 Å². The van der Waals surface area contributed by atoms with Gasteiger partial charge in [0.1, 0.15) is 5.60 Å². The molecule has 90 valence electrons. The first-order valence-electron chi connectivity index (χ1n) is 5.77. The fourth-order valence-electron chi connectivity index (χ4n) is 1.76. The SMILES string of the molecule is CC(C)(C)Oc1ncc(CN)c2ccccc12. The Balaban J connectivity index is 2.59. The van der Waals surface area contributed by atoms with E-state index < -0.39 is 0 Å². The highest BCUT2D eigenvalue weighted by Gasteiger charge is 2.15. The topological polar surface area (TPSA) is 48.1 Å². The summed E-state index contributed by atoms with van der Waals surface area (Å²) in [7, 11) is 0. The Bertz CT molecular complexity index is 529. The van der Waals surface area contributed by atoms with Crippen LogP contribution in [0.4, 0.5) is 0 Å². The Morgan fingerprint density at radius 3 is 2.41 bits per heavy atom. The Labute approximate surface area is 102 Å². The zero-order valence-electron chi connectivity index (χ0n) is 10.5. The number of nitrogens with zero attached hydrogens (tertiary/aromatic N) is 1. The highest BCUT2D eigenvalue weighted by molar-refractivity contribution is 5.89. The molecule has 3 nitrogen and oxygen atoms in total. The van der Waals surface area contributed by atoms with Gasteiger partial charge in [0.15, 0.2) is 0 Å². The van der Waals surface area contributed by atoms with Gasteiger partial charge < -0.3 is 10.5 Å². The van der Waals surface area contributed by atoms with Crippen LogP contribution in [0.1, 0.15) is 26.3 Å². The van der Waals surface area contributed by atoms with Crippen molar-refractivity contribution < 1.29 is 4.74 Å². The molecular formula is C14H18N2O. The van der Waals surface area contributed by atoms with E-state index in [0.717, 1.165) is 16.3 Å². The number of rotatable bonds is 2. The summed E-state index contributed by atoms with van der Waals surface area (Å²) in [5, 5.41) is 2.13. The maximum Gasteiger partial charge on any atom is 0.221 e. The fourth-order valence-corrected chi connectivity index (χ4v) is 1.76. The van der Waals surface area contributed by atoms with E-state index in [-0.39, 0.29) is 5.60 Å². The molecule has 0 aliphatic rings. The van der Waals surface area contributed by atoms with Crippen molar-refractivity contribution in [1.29, 1.82) is 0 Å². The second-order valence-electron chi connectivity index (χ2n) is 5.05. The number of ether oxygens (including phenoxy) is 1. The van der Waals surface area contributed by atoms with Crippen LogP contribution < -0.4 is 10.5 Å². The summed E-state index contributed by atoms with van der Waals surface area (Å²) in [5.41, 5.74) is 6.51. The zero-order chi connectivity index (χ0) is 12.5. The molecule has 0 radical (unpaired) electrons. The van der Waals surface area contributed by atoms with Crippen LogP contribution in [0.15, 0.2) is 30.5 Å². The second kappa shape index (κ2) is 4.34. The number of hydrogen-bond donors (Lipinski definition) is 1. The van der Waals surface area contributed by atoms with Gasteiger partial charge in [0, 0.05) is 18.1 Å². The van der Waals surface area contributed by atoms with Crippen molar-refractivity contribution in [2.45, 2.75) is 32.9 Å². The maximum atomic E-state index is 5.86. The monoisotopic (exact) mass is 230 g/mol. The van der Waals surface area contributed by atoms with Crippen LogP contribution in [0.3, 0.4) is 0 Å². The van der Waals surface area contributed by atoms with E-state index >= 15 is 0 Å². The Morgan fingerprint density at radius 1 is 1.18 bits per heavy atom. The molecule has 2 N–H and O–H groups in total. The molecule has 1 aromatic heterocycles. The molecule has 17 heavy (non-hydrogen) atoms. The lowest BCUT2D eigenvalue weighted by Gasteiger charge is -2.21. The minimum Gasteiger partial charge on any atom is -0.471 e. The summed E-state index contributed by atoms with van der Waals surface area (Å²) in [6.07, 6.45) is 1.80. The maximum absolute atomic E-state index is 5.86. The number of benzene rings is 1. The van der Waals surface area contributed by atoms with Gasteiger partial charge in [-0.05, 0) is 37.8 Å². The van der Waals surface area contributed by atoms with Gasteiger partial charge >= 0.3 is 0 Å². The molecule has 0 saturated heterocycles.